The van der Waals surface area contributed by atoms with Crippen LogP contribution < -0.4 is 4.90 Å². The highest BCUT2D eigenvalue weighted by atomic mass is 16.3. The molecule has 2 heterocycles. The summed E-state index contributed by atoms with van der Waals surface area (Å²) in [6, 6.07) is 15.9. The second-order valence-corrected chi connectivity index (χ2v) is 6.54. The number of likely N-dealkylation sites (tertiary alicyclic amines) is 1. The van der Waals surface area contributed by atoms with Gasteiger partial charge in [-0.05, 0) is 24.1 Å². The zero-order chi connectivity index (χ0) is 17.0. The zero-order valence-electron chi connectivity index (χ0n) is 13.9. The highest BCUT2D eigenvalue weighted by molar-refractivity contribution is 5.45. The molecule has 24 heavy (non-hydrogen) atoms. The van der Waals surface area contributed by atoms with Crippen molar-refractivity contribution in [1.82, 2.24) is 9.88 Å². The molecule has 0 saturated carbocycles. The first-order chi connectivity index (χ1) is 11.6. The molecule has 124 valence electrons. The number of nitriles is 1. The van der Waals surface area contributed by atoms with E-state index in [0.29, 0.717) is 18.8 Å². The van der Waals surface area contributed by atoms with E-state index in [2.05, 4.69) is 22.0 Å². The molecule has 0 radical (unpaired) electrons. The third kappa shape index (κ3) is 3.91. The summed E-state index contributed by atoms with van der Waals surface area (Å²) in [5.41, 5.74) is 1.85. The van der Waals surface area contributed by atoms with Crippen LogP contribution in [0, 0.1) is 11.3 Å². The molecule has 3 rings (SSSR count). The Morgan fingerprint density at radius 2 is 2.08 bits per heavy atom. The second kappa shape index (κ2) is 7.00. The average molecular weight is 322 g/mol. The van der Waals surface area contributed by atoms with Crippen LogP contribution in [0.25, 0.3) is 0 Å². The quantitative estimate of drug-likeness (QED) is 0.912. The molecule has 1 aliphatic heterocycles. The van der Waals surface area contributed by atoms with E-state index in [1.54, 1.807) is 12.3 Å². The summed E-state index contributed by atoms with van der Waals surface area (Å²) in [6.07, 6.45) is 2.44. The smallest absolute Gasteiger partial charge is 0.140 e. The molecule has 2 aromatic rings. The Balaban J connectivity index is 1.59. The number of nitrogens with zero attached hydrogens (tertiary/aromatic N) is 4. The summed E-state index contributed by atoms with van der Waals surface area (Å²) in [7, 11) is 1.95. The van der Waals surface area contributed by atoms with Gasteiger partial charge in [-0.25, -0.2) is 4.98 Å². The Morgan fingerprint density at radius 3 is 2.75 bits per heavy atom. The minimum atomic E-state index is -0.725. The van der Waals surface area contributed by atoms with Crippen LogP contribution in [-0.4, -0.2) is 47.3 Å². The first-order valence-corrected chi connectivity index (χ1v) is 8.14. The Bertz CT molecular complexity index is 710. The molecule has 1 N–H and O–H groups in total. The lowest BCUT2D eigenvalue weighted by Gasteiger charge is -2.30. The maximum absolute atomic E-state index is 10.9. The lowest BCUT2D eigenvalue weighted by atomic mass is 10.0. The Labute approximate surface area is 142 Å². The molecule has 0 aliphatic carbocycles. The first kappa shape index (κ1) is 16.4. The highest BCUT2D eigenvalue weighted by Crippen LogP contribution is 2.25. The summed E-state index contributed by atoms with van der Waals surface area (Å²) in [5.74, 6) is 0. The Hall–Kier alpha value is -2.42. The Kier molecular flexibility index (Phi) is 4.79. The van der Waals surface area contributed by atoms with Gasteiger partial charge in [-0.3, -0.25) is 4.90 Å². The van der Waals surface area contributed by atoms with Crippen LogP contribution in [0.2, 0.25) is 0 Å². The average Bonchev–Trinajstić information content (AvgIpc) is 2.96. The molecule has 1 aromatic heterocycles. The number of hydrogen-bond donors (Lipinski definition) is 1. The lowest BCUT2D eigenvalue weighted by molar-refractivity contribution is 0.0562. The SMILES string of the molecule is CN(CC1(O)CCN(Cc2ccccc2)C1)c1ccc(C#N)nc1. The predicted molar refractivity (Wildman–Crippen MR) is 93.5 cm³/mol. The standard InChI is InChI=1S/C19H22N4O/c1-22(18-8-7-17(11-20)21-12-18)14-19(24)9-10-23(15-19)13-16-5-3-2-4-6-16/h2-8,12,24H,9-10,13-15H2,1H3. The molecule has 1 saturated heterocycles. The van der Waals surface area contributed by atoms with Crippen LogP contribution in [0.15, 0.2) is 48.7 Å². The predicted octanol–water partition coefficient (Wildman–Crippen LogP) is 2.03. The number of aromatic nitrogens is 1. The van der Waals surface area contributed by atoms with Crippen LogP contribution in [-0.2, 0) is 6.54 Å². The van der Waals surface area contributed by atoms with Gasteiger partial charge >= 0.3 is 0 Å². The largest absolute Gasteiger partial charge is 0.387 e. The molecule has 5 heteroatoms. The van der Waals surface area contributed by atoms with Crippen molar-refractivity contribution in [2.45, 2.75) is 18.6 Å². The van der Waals surface area contributed by atoms with Crippen molar-refractivity contribution >= 4 is 5.69 Å². The minimum Gasteiger partial charge on any atom is -0.387 e. The van der Waals surface area contributed by atoms with Gasteiger partial charge in [0.05, 0.1) is 17.5 Å². The van der Waals surface area contributed by atoms with E-state index in [1.165, 1.54) is 5.56 Å². The fourth-order valence-corrected chi connectivity index (χ4v) is 3.26. The van der Waals surface area contributed by atoms with Gasteiger partial charge in [-0.2, -0.15) is 5.26 Å². The van der Waals surface area contributed by atoms with Crippen LogP contribution in [0.5, 0.6) is 0 Å². The van der Waals surface area contributed by atoms with Crippen LogP contribution >= 0.6 is 0 Å². The van der Waals surface area contributed by atoms with Crippen molar-refractivity contribution in [3.63, 3.8) is 0 Å². The van der Waals surface area contributed by atoms with Crippen molar-refractivity contribution in [1.29, 1.82) is 5.26 Å². The number of benzene rings is 1. The third-order valence-corrected chi connectivity index (χ3v) is 4.49. The molecule has 1 atom stereocenters. The summed E-state index contributed by atoms with van der Waals surface area (Å²) in [4.78, 5) is 8.38. The van der Waals surface area contributed by atoms with E-state index in [4.69, 9.17) is 5.26 Å². The van der Waals surface area contributed by atoms with Crippen LogP contribution in [0.1, 0.15) is 17.7 Å². The maximum atomic E-state index is 10.9. The zero-order valence-corrected chi connectivity index (χ0v) is 13.9. The van der Waals surface area contributed by atoms with Gasteiger partial charge in [0.1, 0.15) is 11.8 Å². The van der Waals surface area contributed by atoms with Gasteiger partial charge in [-0.15, -0.1) is 0 Å². The normalized spacial score (nSPS) is 20.7. The maximum Gasteiger partial charge on any atom is 0.140 e. The van der Waals surface area contributed by atoms with E-state index in [0.717, 1.165) is 25.2 Å². The molecule has 0 spiro atoms. The summed E-state index contributed by atoms with van der Waals surface area (Å²) in [6.45, 7) is 2.97. The van der Waals surface area contributed by atoms with E-state index >= 15 is 0 Å². The van der Waals surface area contributed by atoms with E-state index in [-0.39, 0.29) is 0 Å². The molecule has 5 nitrogen and oxygen atoms in total. The number of rotatable bonds is 5. The van der Waals surface area contributed by atoms with Crippen molar-refractivity contribution < 1.29 is 5.11 Å². The topological polar surface area (TPSA) is 63.4 Å². The Morgan fingerprint density at radius 1 is 1.29 bits per heavy atom. The van der Waals surface area contributed by atoms with Crippen molar-refractivity contribution in [2.24, 2.45) is 0 Å². The molecular weight excluding hydrogens is 300 g/mol. The van der Waals surface area contributed by atoms with E-state index in [1.807, 2.05) is 42.3 Å². The molecule has 1 aromatic carbocycles. The molecule has 1 aliphatic rings. The van der Waals surface area contributed by atoms with Crippen molar-refractivity contribution in [3.05, 3.63) is 59.9 Å². The van der Waals surface area contributed by atoms with E-state index in [9.17, 15) is 5.11 Å². The lowest BCUT2D eigenvalue weighted by Crippen LogP contribution is -2.43. The highest BCUT2D eigenvalue weighted by Gasteiger charge is 2.37. The summed E-state index contributed by atoms with van der Waals surface area (Å²) < 4.78 is 0. The van der Waals surface area contributed by atoms with Crippen molar-refractivity contribution in [3.8, 4) is 6.07 Å². The van der Waals surface area contributed by atoms with Crippen LogP contribution in [0.4, 0.5) is 5.69 Å². The first-order valence-electron chi connectivity index (χ1n) is 8.14. The minimum absolute atomic E-state index is 0.403. The number of pyridine rings is 1. The van der Waals surface area contributed by atoms with Gasteiger partial charge in [-0.1, -0.05) is 30.3 Å². The fraction of sp³-hybridized carbons (Fsp3) is 0.368. The van der Waals surface area contributed by atoms with E-state index < -0.39 is 5.60 Å². The molecule has 0 amide bonds. The van der Waals surface area contributed by atoms with Gasteiger partial charge < -0.3 is 10.0 Å². The van der Waals surface area contributed by atoms with Gasteiger partial charge in [0.15, 0.2) is 0 Å². The fourth-order valence-electron chi connectivity index (χ4n) is 3.26. The second-order valence-electron chi connectivity index (χ2n) is 6.54. The molecule has 0 bridgehead atoms. The number of β-amino-alcohol motifs (C(OH)–C–C–N with tert-alkyl or cyclic N) is 1. The van der Waals surface area contributed by atoms with Crippen LogP contribution in [0.3, 0.4) is 0 Å². The van der Waals surface area contributed by atoms with Gasteiger partial charge in [0.25, 0.3) is 0 Å². The number of hydrogen-bond acceptors (Lipinski definition) is 5. The molecular formula is C19H22N4O. The number of likely N-dealkylation sites (N-methyl/N-ethyl adjacent to an activating group) is 1. The van der Waals surface area contributed by atoms with Gasteiger partial charge in [0, 0.05) is 33.2 Å². The van der Waals surface area contributed by atoms with Gasteiger partial charge in [0.2, 0.25) is 0 Å². The third-order valence-electron chi connectivity index (χ3n) is 4.49. The number of aliphatic hydroxyl groups is 1. The summed E-state index contributed by atoms with van der Waals surface area (Å²) in [5, 5.41) is 19.7. The summed E-state index contributed by atoms with van der Waals surface area (Å²) >= 11 is 0. The molecule has 1 fully saturated rings. The monoisotopic (exact) mass is 322 g/mol. The molecule has 1 unspecified atom stereocenters. The van der Waals surface area contributed by atoms with Crippen molar-refractivity contribution in [2.75, 3.05) is 31.6 Å². The number of anilines is 1.